The van der Waals surface area contributed by atoms with Gasteiger partial charge in [0.25, 0.3) is 5.69 Å². The van der Waals surface area contributed by atoms with Crippen LogP contribution in [0.5, 0.6) is 0 Å². The van der Waals surface area contributed by atoms with Gasteiger partial charge in [-0.15, -0.1) is 11.8 Å². The third-order valence-electron chi connectivity index (χ3n) is 2.90. The molecule has 1 aromatic carbocycles. The number of nitrogens with zero attached hydrogens (tertiary/aromatic N) is 5. The van der Waals surface area contributed by atoms with E-state index in [-0.39, 0.29) is 17.7 Å². The monoisotopic (exact) mass is 302 g/mol. The fourth-order valence-electron chi connectivity index (χ4n) is 1.95. The van der Waals surface area contributed by atoms with Crippen LogP contribution in [0.1, 0.15) is 5.56 Å². The molecule has 21 heavy (non-hydrogen) atoms. The number of fused-ring (bicyclic) bond motifs is 1. The number of guanidine groups is 1. The fourth-order valence-corrected chi connectivity index (χ4v) is 2.98. The summed E-state index contributed by atoms with van der Waals surface area (Å²) < 4.78 is 0. The molecule has 2 aliphatic rings. The number of thioether (sulfide) groups is 1. The number of hydrogen-bond acceptors (Lipinski definition) is 8. The average molecular weight is 302 g/mol. The number of nitro benzene ring substituents is 1. The standard InChI is InChI=1S/C12H10N6O2S/c13-12-16-10-9(14-6-15-10)11(17-12)21-5-7-3-1-2-4-8(7)18(19)20/h1-4,6,9H,5H2,(H2,13,14,15,16). The van der Waals surface area contributed by atoms with E-state index in [0.29, 0.717) is 22.2 Å². The zero-order valence-electron chi connectivity index (χ0n) is 10.7. The second kappa shape index (κ2) is 5.44. The summed E-state index contributed by atoms with van der Waals surface area (Å²) in [5, 5.41) is 11.6. The van der Waals surface area contributed by atoms with Crippen LogP contribution in [-0.2, 0) is 5.75 Å². The first-order chi connectivity index (χ1) is 10.1. The van der Waals surface area contributed by atoms with Crippen molar-refractivity contribution >= 4 is 40.6 Å². The van der Waals surface area contributed by atoms with Gasteiger partial charge < -0.3 is 5.73 Å². The number of benzene rings is 1. The van der Waals surface area contributed by atoms with Crippen molar-refractivity contribution < 1.29 is 4.92 Å². The van der Waals surface area contributed by atoms with Crippen molar-refractivity contribution in [2.45, 2.75) is 11.8 Å². The summed E-state index contributed by atoms with van der Waals surface area (Å²) in [7, 11) is 0. The smallest absolute Gasteiger partial charge is 0.273 e. The van der Waals surface area contributed by atoms with Crippen molar-refractivity contribution in [3.63, 3.8) is 0 Å². The van der Waals surface area contributed by atoms with Gasteiger partial charge in [0.05, 0.1) is 4.92 Å². The quantitative estimate of drug-likeness (QED) is 0.669. The maximum Gasteiger partial charge on any atom is 0.273 e. The van der Waals surface area contributed by atoms with Gasteiger partial charge in [-0.05, 0) is 0 Å². The maximum atomic E-state index is 11.0. The number of nitrogens with two attached hydrogens (primary N) is 1. The molecule has 0 saturated heterocycles. The van der Waals surface area contributed by atoms with Crippen molar-refractivity contribution in [2.24, 2.45) is 25.7 Å². The van der Waals surface area contributed by atoms with Crippen LogP contribution < -0.4 is 5.73 Å². The number of hydrogen-bond donors (Lipinski definition) is 1. The SMILES string of the molecule is NC1=NC2=NC=NC2C(SCc2ccccc2[N+](=O)[O-])=N1. The van der Waals surface area contributed by atoms with Crippen LogP contribution in [0.15, 0.2) is 44.2 Å². The number of para-hydroxylation sites is 1. The zero-order valence-corrected chi connectivity index (χ0v) is 11.5. The predicted molar refractivity (Wildman–Crippen MR) is 83.2 cm³/mol. The Labute approximate surface area is 123 Å². The molecule has 1 aromatic rings. The number of nitro groups is 1. The first-order valence-electron chi connectivity index (χ1n) is 6.02. The number of aliphatic imine (C=N–C) groups is 4. The van der Waals surface area contributed by atoms with Crippen molar-refractivity contribution in [2.75, 3.05) is 0 Å². The van der Waals surface area contributed by atoms with Crippen LogP contribution >= 0.6 is 11.8 Å². The van der Waals surface area contributed by atoms with Gasteiger partial charge in [0.2, 0.25) is 5.96 Å². The van der Waals surface area contributed by atoms with Gasteiger partial charge in [-0.1, -0.05) is 18.2 Å². The molecule has 0 bridgehead atoms. The van der Waals surface area contributed by atoms with Gasteiger partial charge in [0, 0.05) is 17.4 Å². The fraction of sp³-hybridized carbons (Fsp3) is 0.167. The minimum absolute atomic E-state index is 0.0897. The van der Waals surface area contributed by atoms with Crippen LogP contribution in [0.4, 0.5) is 5.69 Å². The van der Waals surface area contributed by atoms with Gasteiger partial charge in [0.1, 0.15) is 11.4 Å². The van der Waals surface area contributed by atoms with Gasteiger partial charge in [0.15, 0.2) is 11.9 Å². The van der Waals surface area contributed by atoms with E-state index in [4.69, 9.17) is 5.73 Å². The first kappa shape index (κ1) is 13.4. The Balaban J connectivity index is 1.79. The number of rotatable bonds is 3. The van der Waals surface area contributed by atoms with Crippen molar-refractivity contribution in [3.05, 3.63) is 39.9 Å². The summed E-state index contributed by atoms with van der Waals surface area (Å²) in [4.78, 5) is 26.9. The molecule has 0 saturated carbocycles. The lowest BCUT2D eigenvalue weighted by molar-refractivity contribution is -0.385. The minimum atomic E-state index is -0.394. The van der Waals surface area contributed by atoms with E-state index < -0.39 is 4.92 Å². The molecule has 0 aliphatic carbocycles. The van der Waals surface area contributed by atoms with E-state index in [2.05, 4.69) is 20.0 Å². The van der Waals surface area contributed by atoms with Crippen molar-refractivity contribution in [1.82, 2.24) is 0 Å². The predicted octanol–water partition coefficient (Wildman–Crippen LogP) is 1.36. The molecule has 8 nitrogen and oxygen atoms in total. The molecule has 0 spiro atoms. The topological polar surface area (TPSA) is 119 Å². The van der Waals surface area contributed by atoms with Crippen LogP contribution in [0, 0.1) is 10.1 Å². The Morgan fingerprint density at radius 2 is 2.14 bits per heavy atom. The summed E-state index contributed by atoms with van der Waals surface area (Å²) in [5.74, 6) is 1.04. The largest absolute Gasteiger partial charge is 0.368 e. The third-order valence-corrected chi connectivity index (χ3v) is 3.97. The van der Waals surface area contributed by atoms with Crippen LogP contribution in [0.25, 0.3) is 0 Å². The summed E-state index contributed by atoms with van der Waals surface area (Å²) in [6.07, 6.45) is 1.42. The van der Waals surface area contributed by atoms with Gasteiger partial charge in [-0.2, -0.15) is 4.99 Å². The van der Waals surface area contributed by atoms with E-state index in [1.165, 1.54) is 24.2 Å². The highest BCUT2D eigenvalue weighted by Gasteiger charge is 2.29. The molecular formula is C12H10N6O2S. The zero-order chi connectivity index (χ0) is 14.8. The van der Waals surface area contributed by atoms with Crippen LogP contribution in [0.3, 0.4) is 0 Å². The molecule has 2 heterocycles. The van der Waals surface area contributed by atoms with Crippen molar-refractivity contribution in [3.8, 4) is 0 Å². The lowest BCUT2D eigenvalue weighted by Crippen LogP contribution is -2.31. The Morgan fingerprint density at radius 1 is 1.33 bits per heavy atom. The first-order valence-corrected chi connectivity index (χ1v) is 7.01. The second-order valence-corrected chi connectivity index (χ2v) is 5.24. The highest BCUT2D eigenvalue weighted by Crippen LogP contribution is 2.26. The van der Waals surface area contributed by atoms with E-state index >= 15 is 0 Å². The molecule has 9 heteroatoms. The Hall–Kier alpha value is -2.55. The highest BCUT2D eigenvalue weighted by atomic mass is 32.2. The summed E-state index contributed by atoms with van der Waals surface area (Å²) in [6, 6.07) is 6.27. The van der Waals surface area contributed by atoms with E-state index in [1.54, 1.807) is 18.2 Å². The molecule has 0 aromatic heterocycles. The Morgan fingerprint density at radius 3 is 2.95 bits per heavy atom. The third kappa shape index (κ3) is 2.68. The molecule has 0 amide bonds. The maximum absolute atomic E-state index is 11.0. The molecular weight excluding hydrogens is 292 g/mol. The highest BCUT2D eigenvalue weighted by molar-refractivity contribution is 8.13. The van der Waals surface area contributed by atoms with Gasteiger partial charge in [-0.25, -0.2) is 9.98 Å². The lowest BCUT2D eigenvalue weighted by atomic mass is 10.2. The Kier molecular flexibility index (Phi) is 3.48. The molecule has 106 valence electrons. The second-order valence-electron chi connectivity index (χ2n) is 4.25. The molecule has 3 rings (SSSR count). The lowest BCUT2D eigenvalue weighted by Gasteiger charge is -2.15. The van der Waals surface area contributed by atoms with Gasteiger partial charge >= 0.3 is 0 Å². The summed E-state index contributed by atoms with van der Waals surface area (Å²) in [5.41, 5.74) is 6.34. The normalized spacial score (nSPS) is 19.6. The van der Waals surface area contributed by atoms with E-state index in [0.717, 1.165) is 0 Å². The van der Waals surface area contributed by atoms with Gasteiger partial charge in [-0.3, -0.25) is 15.1 Å². The van der Waals surface area contributed by atoms with Crippen LogP contribution in [0.2, 0.25) is 0 Å². The summed E-state index contributed by atoms with van der Waals surface area (Å²) >= 11 is 1.35. The van der Waals surface area contributed by atoms with Crippen molar-refractivity contribution in [1.29, 1.82) is 0 Å². The molecule has 2 aliphatic heterocycles. The average Bonchev–Trinajstić information content (AvgIpc) is 2.93. The van der Waals surface area contributed by atoms with E-state index in [1.807, 2.05) is 0 Å². The van der Waals surface area contributed by atoms with E-state index in [9.17, 15) is 10.1 Å². The number of amidine groups is 1. The minimum Gasteiger partial charge on any atom is -0.368 e. The molecule has 0 radical (unpaired) electrons. The molecule has 0 fully saturated rings. The van der Waals surface area contributed by atoms with Crippen LogP contribution in [-0.4, -0.2) is 34.1 Å². The molecule has 2 N–H and O–H groups in total. The molecule has 1 atom stereocenters. The molecule has 1 unspecified atom stereocenters. The Bertz CT molecular complexity index is 724. The summed E-state index contributed by atoms with van der Waals surface area (Å²) in [6.45, 7) is 0.